The summed E-state index contributed by atoms with van der Waals surface area (Å²) in [5.41, 5.74) is 0.335. The van der Waals surface area contributed by atoms with Gasteiger partial charge in [0.05, 0.1) is 18.7 Å². The number of rotatable bonds is 3. The first-order valence-electron chi connectivity index (χ1n) is 7.61. The van der Waals surface area contributed by atoms with E-state index in [1.165, 1.54) is 13.2 Å². The van der Waals surface area contributed by atoms with Crippen molar-refractivity contribution in [3.8, 4) is 5.75 Å². The van der Waals surface area contributed by atoms with E-state index in [4.69, 9.17) is 21.1 Å². The maximum absolute atomic E-state index is 14.0. The van der Waals surface area contributed by atoms with Crippen LogP contribution in [-0.4, -0.2) is 55.3 Å². The van der Waals surface area contributed by atoms with Crippen LogP contribution in [0.3, 0.4) is 0 Å². The number of likely N-dealkylation sites (N-methyl/N-ethyl adjacent to an activating group) is 1. The second kappa shape index (κ2) is 6.17. The fourth-order valence-electron chi connectivity index (χ4n) is 3.49. The lowest BCUT2D eigenvalue weighted by Gasteiger charge is -2.38. The Hall–Kier alpha value is -1.53. The predicted molar refractivity (Wildman–Crippen MR) is 84.3 cm³/mol. The number of hydrogen-bond donors (Lipinski definition) is 0. The van der Waals surface area contributed by atoms with Gasteiger partial charge in [-0.15, -0.1) is 0 Å². The molecule has 126 valence electrons. The van der Waals surface area contributed by atoms with E-state index in [2.05, 4.69) is 4.90 Å². The number of benzene rings is 1. The Balaban J connectivity index is 1.72. The maximum Gasteiger partial charge on any atom is 0.410 e. The molecule has 0 unspecified atom stereocenters. The Bertz CT molecular complexity index is 604. The van der Waals surface area contributed by atoms with Crippen LogP contribution in [0.5, 0.6) is 5.75 Å². The maximum atomic E-state index is 14.0. The SMILES string of the molecule is COc1c(F)cc(CN2CCC[C@@]3(C2)CN(C)C(=O)O3)cc1Cl. The number of hydrogen-bond acceptors (Lipinski definition) is 4. The molecular formula is C16H20ClFN2O3. The van der Waals surface area contributed by atoms with Crippen molar-refractivity contribution in [3.05, 3.63) is 28.5 Å². The first kappa shape index (κ1) is 16.3. The van der Waals surface area contributed by atoms with Crippen LogP contribution in [-0.2, 0) is 11.3 Å². The van der Waals surface area contributed by atoms with Gasteiger partial charge >= 0.3 is 6.09 Å². The number of piperidine rings is 1. The van der Waals surface area contributed by atoms with E-state index in [1.54, 1.807) is 18.0 Å². The molecule has 3 rings (SSSR count). The summed E-state index contributed by atoms with van der Waals surface area (Å²) in [6.45, 7) is 2.69. The quantitative estimate of drug-likeness (QED) is 0.847. The molecule has 2 aliphatic heterocycles. The molecule has 5 nitrogen and oxygen atoms in total. The van der Waals surface area contributed by atoms with E-state index in [9.17, 15) is 9.18 Å². The molecule has 0 N–H and O–H groups in total. The molecule has 23 heavy (non-hydrogen) atoms. The number of halogens is 2. The highest BCUT2D eigenvalue weighted by molar-refractivity contribution is 6.32. The molecule has 1 aromatic rings. The molecule has 1 atom stereocenters. The van der Waals surface area contributed by atoms with Crippen LogP contribution in [0.15, 0.2) is 12.1 Å². The summed E-state index contributed by atoms with van der Waals surface area (Å²) in [6, 6.07) is 3.16. The summed E-state index contributed by atoms with van der Waals surface area (Å²) in [7, 11) is 3.14. The van der Waals surface area contributed by atoms with Crippen molar-refractivity contribution < 1.29 is 18.7 Å². The average Bonchev–Trinajstić information content (AvgIpc) is 2.72. The lowest BCUT2D eigenvalue weighted by Crippen LogP contribution is -2.50. The third-order valence-corrected chi connectivity index (χ3v) is 4.71. The van der Waals surface area contributed by atoms with Gasteiger partial charge in [-0.05, 0) is 37.1 Å². The number of carbonyl (C=O) groups excluding carboxylic acids is 1. The fourth-order valence-corrected chi connectivity index (χ4v) is 3.79. The molecule has 0 aliphatic carbocycles. The van der Waals surface area contributed by atoms with Gasteiger partial charge in [0.15, 0.2) is 11.6 Å². The summed E-state index contributed by atoms with van der Waals surface area (Å²) in [6.07, 6.45) is 1.52. The molecule has 1 aromatic carbocycles. The molecule has 2 heterocycles. The van der Waals surface area contributed by atoms with Crippen molar-refractivity contribution in [3.63, 3.8) is 0 Å². The second-order valence-corrected chi connectivity index (χ2v) is 6.72. The van der Waals surface area contributed by atoms with Crippen molar-refractivity contribution in [1.82, 2.24) is 9.80 Å². The molecule has 2 saturated heterocycles. The lowest BCUT2D eigenvalue weighted by atomic mass is 9.92. The molecule has 2 aliphatic rings. The zero-order valence-corrected chi connectivity index (χ0v) is 14.0. The van der Waals surface area contributed by atoms with Gasteiger partial charge in [0, 0.05) is 20.1 Å². The van der Waals surface area contributed by atoms with Crippen LogP contribution < -0.4 is 4.74 Å². The first-order chi connectivity index (χ1) is 10.9. The van der Waals surface area contributed by atoms with Crippen LogP contribution >= 0.6 is 11.6 Å². The number of carbonyl (C=O) groups is 1. The van der Waals surface area contributed by atoms with Crippen LogP contribution in [0.2, 0.25) is 5.02 Å². The van der Waals surface area contributed by atoms with Gasteiger partial charge in [-0.2, -0.15) is 0 Å². The van der Waals surface area contributed by atoms with E-state index in [1.807, 2.05) is 0 Å². The highest BCUT2D eigenvalue weighted by Crippen LogP contribution is 2.33. The van der Waals surface area contributed by atoms with Crippen LogP contribution in [0.4, 0.5) is 9.18 Å². The second-order valence-electron chi connectivity index (χ2n) is 6.31. The minimum absolute atomic E-state index is 0.0666. The zero-order valence-electron chi connectivity index (χ0n) is 13.3. The Morgan fingerprint density at radius 3 is 2.83 bits per heavy atom. The standard InChI is InChI=1S/C16H20ClFN2O3/c1-19-9-16(23-15(19)21)4-3-5-20(10-16)8-11-6-12(17)14(22-2)13(18)7-11/h6-7H,3-5,8-10H2,1-2H3/t16-/m0/s1. The Kier molecular flexibility index (Phi) is 4.38. The highest BCUT2D eigenvalue weighted by Gasteiger charge is 2.46. The van der Waals surface area contributed by atoms with E-state index >= 15 is 0 Å². The summed E-state index contributed by atoms with van der Waals surface area (Å²) >= 11 is 6.05. The number of likely N-dealkylation sites (tertiary alicyclic amines) is 1. The van der Waals surface area contributed by atoms with Gasteiger partial charge in [-0.3, -0.25) is 4.90 Å². The molecule has 0 aromatic heterocycles. The lowest BCUT2D eigenvalue weighted by molar-refractivity contribution is -0.0113. The minimum Gasteiger partial charge on any atom is -0.492 e. The topological polar surface area (TPSA) is 42.0 Å². The smallest absolute Gasteiger partial charge is 0.410 e. The molecule has 0 radical (unpaired) electrons. The summed E-state index contributed by atoms with van der Waals surface area (Å²) < 4.78 is 24.5. The summed E-state index contributed by atoms with van der Waals surface area (Å²) in [4.78, 5) is 15.5. The molecule has 7 heteroatoms. The monoisotopic (exact) mass is 342 g/mol. The molecule has 1 spiro atoms. The molecule has 1 amide bonds. The fraction of sp³-hybridized carbons (Fsp3) is 0.562. The van der Waals surface area contributed by atoms with Gasteiger partial charge < -0.3 is 14.4 Å². The van der Waals surface area contributed by atoms with Gasteiger partial charge in [0.1, 0.15) is 5.60 Å². The molecule has 0 bridgehead atoms. The normalized spacial score (nSPS) is 25.0. The highest BCUT2D eigenvalue weighted by atomic mass is 35.5. The average molecular weight is 343 g/mol. The summed E-state index contributed by atoms with van der Waals surface area (Å²) in [5.74, 6) is -0.398. The van der Waals surface area contributed by atoms with E-state index < -0.39 is 11.4 Å². The number of ether oxygens (including phenoxy) is 2. The molecule has 2 fully saturated rings. The first-order valence-corrected chi connectivity index (χ1v) is 7.99. The number of nitrogens with zero attached hydrogens (tertiary/aromatic N) is 2. The van der Waals surface area contributed by atoms with Crippen molar-refractivity contribution >= 4 is 17.7 Å². The van der Waals surface area contributed by atoms with E-state index in [0.29, 0.717) is 19.6 Å². The Labute approximate surface area is 139 Å². The minimum atomic E-state index is -0.464. The largest absolute Gasteiger partial charge is 0.492 e. The third-order valence-electron chi connectivity index (χ3n) is 4.43. The Morgan fingerprint density at radius 1 is 1.43 bits per heavy atom. The van der Waals surface area contributed by atoms with Gasteiger partial charge in [-0.1, -0.05) is 11.6 Å². The number of amides is 1. The van der Waals surface area contributed by atoms with Crippen LogP contribution in [0.25, 0.3) is 0 Å². The third kappa shape index (κ3) is 3.23. The van der Waals surface area contributed by atoms with Crippen molar-refractivity contribution in [2.75, 3.05) is 33.8 Å². The Morgan fingerprint density at radius 2 is 2.22 bits per heavy atom. The van der Waals surface area contributed by atoms with Crippen LogP contribution in [0, 0.1) is 5.82 Å². The molecular weight excluding hydrogens is 323 g/mol. The number of methoxy groups -OCH3 is 1. The van der Waals surface area contributed by atoms with Crippen LogP contribution in [0.1, 0.15) is 18.4 Å². The van der Waals surface area contributed by atoms with Crippen molar-refractivity contribution in [2.45, 2.75) is 25.0 Å². The van der Waals surface area contributed by atoms with Gasteiger partial charge in [0.2, 0.25) is 0 Å². The zero-order chi connectivity index (χ0) is 16.6. The van der Waals surface area contributed by atoms with Crippen molar-refractivity contribution in [2.24, 2.45) is 0 Å². The van der Waals surface area contributed by atoms with Crippen molar-refractivity contribution in [1.29, 1.82) is 0 Å². The van der Waals surface area contributed by atoms with Gasteiger partial charge in [0.25, 0.3) is 0 Å². The summed E-state index contributed by atoms with van der Waals surface area (Å²) in [5, 5.41) is 0.265. The predicted octanol–water partition coefficient (Wildman–Crippen LogP) is 2.90. The van der Waals surface area contributed by atoms with E-state index in [0.717, 1.165) is 24.9 Å². The van der Waals surface area contributed by atoms with Gasteiger partial charge in [-0.25, -0.2) is 9.18 Å². The van der Waals surface area contributed by atoms with E-state index in [-0.39, 0.29) is 16.9 Å². The molecule has 0 saturated carbocycles.